The van der Waals surface area contributed by atoms with E-state index in [0.717, 1.165) is 12.5 Å². The van der Waals surface area contributed by atoms with Crippen LogP contribution in [0.4, 0.5) is 13.2 Å². The highest BCUT2D eigenvalue weighted by atomic mass is 35.5. The molecule has 0 radical (unpaired) electrons. The molecule has 2 N–H and O–H groups in total. The zero-order valence-corrected chi connectivity index (χ0v) is 19.6. The Morgan fingerprint density at radius 3 is 2.34 bits per heavy atom. The Morgan fingerprint density at radius 1 is 0.943 bits per heavy atom. The molecule has 1 atom stereocenters. The van der Waals surface area contributed by atoms with Crippen molar-refractivity contribution in [1.29, 1.82) is 0 Å². The normalized spacial score (nSPS) is 14.9. The predicted octanol–water partition coefficient (Wildman–Crippen LogP) is 3.80. The second-order valence-electron chi connectivity index (χ2n) is 8.28. The van der Waals surface area contributed by atoms with Crippen molar-refractivity contribution < 1.29 is 22.8 Å². The maximum atomic E-state index is 14.0. The van der Waals surface area contributed by atoms with Crippen molar-refractivity contribution in [3.63, 3.8) is 0 Å². The zero-order chi connectivity index (χ0) is 24.2. The topological polar surface area (TPSA) is 92.4 Å². The van der Waals surface area contributed by atoms with E-state index in [-0.39, 0.29) is 36.5 Å². The quantitative estimate of drug-likeness (QED) is 0.530. The number of aromatic nitrogens is 2. The minimum absolute atomic E-state index is 0. The lowest BCUT2D eigenvalue weighted by Gasteiger charge is -2.33. The molecule has 0 aliphatic carbocycles. The Kier molecular flexibility index (Phi) is 8.63. The fourth-order valence-corrected chi connectivity index (χ4v) is 4.01. The van der Waals surface area contributed by atoms with Gasteiger partial charge in [0.2, 0.25) is 5.91 Å². The number of amides is 2. The number of rotatable bonds is 5. The first-order valence-corrected chi connectivity index (χ1v) is 11.1. The van der Waals surface area contributed by atoms with Crippen LogP contribution in [0.25, 0.3) is 11.0 Å². The Hall–Kier alpha value is -3.24. The molecule has 0 spiro atoms. The van der Waals surface area contributed by atoms with Crippen molar-refractivity contribution in [2.45, 2.75) is 38.1 Å². The molecule has 186 valence electrons. The lowest BCUT2D eigenvalue weighted by atomic mass is 10.0. The Balaban J connectivity index is 0.00000342. The van der Waals surface area contributed by atoms with Crippen LogP contribution >= 0.6 is 12.4 Å². The van der Waals surface area contributed by atoms with Gasteiger partial charge in [-0.05, 0) is 49.4 Å². The van der Waals surface area contributed by atoms with Crippen LogP contribution < -0.4 is 5.73 Å². The third-order valence-corrected chi connectivity index (χ3v) is 5.73. The first-order valence-electron chi connectivity index (χ1n) is 11.1. The van der Waals surface area contributed by atoms with Crippen LogP contribution in [0, 0.1) is 17.5 Å². The van der Waals surface area contributed by atoms with Crippen LogP contribution in [0.2, 0.25) is 0 Å². The largest absolute Gasteiger partial charge is 0.327 e. The van der Waals surface area contributed by atoms with E-state index in [1.165, 1.54) is 16.2 Å². The second-order valence-corrected chi connectivity index (χ2v) is 8.28. The van der Waals surface area contributed by atoms with Gasteiger partial charge in [0, 0.05) is 31.6 Å². The summed E-state index contributed by atoms with van der Waals surface area (Å²) in [6.45, 7) is 0.643. The predicted molar refractivity (Wildman–Crippen MR) is 126 cm³/mol. The molecule has 0 saturated carbocycles. The van der Waals surface area contributed by atoms with E-state index in [2.05, 4.69) is 9.97 Å². The van der Waals surface area contributed by atoms with Gasteiger partial charge in [-0.2, -0.15) is 0 Å². The van der Waals surface area contributed by atoms with Gasteiger partial charge in [-0.3, -0.25) is 19.6 Å². The van der Waals surface area contributed by atoms with Gasteiger partial charge in [-0.1, -0.05) is 12.1 Å². The number of benzene rings is 2. The summed E-state index contributed by atoms with van der Waals surface area (Å²) >= 11 is 0. The van der Waals surface area contributed by atoms with Gasteiger partial charge in [0.05, 0.1) is 17.2 Å². The SMILES string of the molecule is Cl.N[C@@H](CC(=O)N1CCCCCN1C(=O)c1cnc2ccccc2n1)Cc1cc(F)c(F)cc1F. The number of carbonyl (C=O) groups is 2. The number of carbonyl (C=O) groups excluding carboxylic acids is 2. The number of nitrogens with two attached hydrogens (primary N) is 1. The van der Waals surface area contributed by atoms with Crippen LogP contribution in [-0.4, -0.2) is 50.9 Å². The summed E-state index contributed by atoms with van der Waals surface area (Å²) in [5.74, 6) is -4.27. The molecule has 2 amide bonds. The zero-order valence-electron chi connectivity index (χ0n) is 18.8. The maximum Gasteiger partial charge on any atom is 0.292 e. The minimum Gasteiger partial charge on any atom is -0.327 e. The van der Waals surface area contributed by atoms with Gasteiger partial charge in [-0.25, -0.2) is 23.2 Å². The summed E-state index contributed by atoms with van der Waals surface area (Å²) in [5, 5.41) is 2.71. The van der Waals surface area contributed by atoms with Gasteiger partial charge >= 0.3 is 0 Å². The number of hydrogen-bond donors (Lipinski definition) is 1. The third-order valence-electron chi connectivity index (χ3n) is 5.73. The van der Waals surface area contributed by atoms with E-state index < -0.39 is 35.3 Å². The first kappa shape index (κ1) is 26.4. The van der Waals surface area contributed by atoms with E-state index in [9.17, 15) is 22.8 Å². The van der Waals surface area contributed by atoms with Gasteiger partial charge in [0.25, 0.3) is 5.91 Å². The standard InChI is InChI=1S/C24H24F3N5O2.ClH/c25-17-13-19(27)18(26)11-15(17)10-16(28)12-23(33)31-8-4-1-5-9-32(31)24(34)22-14-29-20-6-2-3-7-21(20)30-22;/h2-3,6-7,11,13-14,16H,1,4-5,8-10,12,28H2;1H/t16-;/m1./s1. The average molecular weight is 508 g/mol. The molecular weight excluding hydrogens is 483 g/mol. The molecule has 4 rings (SSSR count). The molecule has 0 bridgehead atoms. The molecule has 7 nitrogen and oxygen atoms in total. The summed E-state index contributed by atoms with van der Waals surface area (Å²) < 4.78 is 40.7. The minimum atomic E-state index is -1.29. The first-order chi connectivity index (χ1) is 16.3. The van der Waals surface area contributed by atoms with Crippen LogP contribution in [0.5, 0.6) is 0 Å². The number of nitrogens with zero attached hydrogens (tertiary/aromatic N) is 4. The molecule has 2 aromatic carbocycles. The van der Waals surface area contributed by atoms with Crippen LogP contribution in [0.1, 0.15) is 41.7 Å². The lowest BCUT2D eigenvalue weighted by molar-refractivity contribution is -0.144. The van der Waals surface area contributed by atoms with Crippen molar-refractivity contribution in [2.75, 3.05) is 13.1 Å². The van der Waals surface area contributed by atoms with E-state index in [1.54, 1.807) is 18.2 Å². The van der Waals surface area contributed by atoms with E-state index >= 15 is 0 Å². The molecule has 11 heteroatoms. The second kappa shape index (κ2) is 11.5. The fraction of sp³-hybridized carbons (Fsp3) is 0.333. The van der Waals surface area contributed by atoms with Crippen molar-refractivity contribution in [3.05, 3.63) is 71.3 Å². The van der Waals surface area contributed by atoms with Crippen molar-refractivity contribution >= 4 is 35.3 Å². The third kappa shape index (κ3) is 6.07. The highest BCUT2D eigenvalue weighted by molar-refractivity contribution is 5.95. The summed E-state index contributed by atoms with van der Waals surface area (Å²) in [5.41, 5.74) is 7.27. The van der Waals surface area contributed by atoms with Gasteiger partial charge in [-0.15, -0.1) is 12.4 Å². The molecule has 2 heterocycles. The molecule has 1 aromatic heterocycles. The number of para-hydroxylation sites is 2. The smallest absolute Gasteiger partial charge is 0.292 e. The van der Waals surface area contributed by atoms with E-state index in [0.29, 0.717) is 43.0 Å². The summed E-state index contributed by atoms with van der Waals surface area (Å²) in [6, 6.07) is 7.51. The van der Waals surface area contributed by atoms with Crippen molar-refractivity contribution in [3.8, 4) is 0 Å². The number of halogens is 4. The lowest BCUT2D eigenvalue weighted by Crippen LogP contribution is -2.51. The van der Waals surface area contributed by atoms with E-state index in [4.69, 9.17) is 5.73 Å². The average Bonchev–Trinajstić information content (AvgIpc) is 3.08. The summed E-state index contributed by atoms with van der Waals surface area (Å²) in [6.07, 6.45) is 3.27. The number of fused-ring (bicyclic) bond motifs is 1. The Bertz CT molecular complexity index is 1230. The van der Waals surface area contributed by atoms with Crippen molar-refractivity contribution in [1.82, 2.24) is 20.0 Å². The fourth-order valence-electron chi connectivity index (χ4n) is 4.01. The van der Waals surface area contributed by atoms with Crippen LogP contribution in [-0.2, 0) is 11.2 Å². The van der Waals surface area contributed by atoms with Gasteiger partial charge in [0.15, 0.2) is 11.6 Å². The monoisotopic (exact) mass is 507 g/mol. The van der Waals surface area contributed by atoms with Crippen LogP contribution in [0.15, 0.2) is 42.6 Å². The van der Waals surface area contributed by atoms with Crippen molar-refractivity contribution in [2.24, 2.45) is 5.73 Å². The summed E-state index contributed by atoms with van der Waals surface area (Å²) in [4.78, 5) is 35.1. The maximum absolute atomic E-state index is 14.0. The Labute approximate surface area is 206 Å². The van der Waals surface area contributed by atoms with E-state index in [1.807, 2.05) is 6.07 Å². The van der Waals surface area contributed by atoms with Gasteiger partial charge < -0.3 is 5.73 Å². The van der Waals surface area contributed by atoms with Gasteiger partial charge in [0.1, 0.15) is 11.5 Å². The highest BCUT2D eigenvalue weighted by Gasteiger charge is 2.30. The number of hydrazine groups is 1. The van der Waals surface area contributed by atoms with Crippen LogP contribution in [0.3, 0.4) is 0 Å². The molecule has 1 aliphatic rings. The Morgan fingerprint density at radius 2 is 1.60 bits per heavy atom. The molecule has 0 unspecified atom stereocenters. The molecule has 1 aliphatic heterocycles. The molecule has 35 heavy (non-hydrogen) atoms. The number of hydrogen-bond acceptors (Lipinski definition) is 5. The molecule has 3 aromatic rings. The highest BCUT2D eigenvalue weighted by Crippen LogP contribution is 2.19. The molecule has 1 fully saturated rings. The molecule has 1 saturated heterocycles. The molecular formula is C24H25ClF3N5O2. The summed E-state index contributed by atoms with van der Waals surface area (Å²) in [7, 11) is 0.